The normalized spacial score (nSPS) is 17.9. The maximum absolute atomic E-state index is 12.2. The maximum atomic E-state index is 12.2. The third-order valence-corrected chi connectivity index (χ3v) is 6.68. The van der Waals surface area contributed by atoms with Crippen molar-refractivity contribution in [3.8, 4) is 5.75 Å². The monoisotopic (exact) mass is 458 g/mol. The molecule has 3 aromatic rings. The number of rotatable bonds is 5. The Morgan fingerprint density at radius 3 is 2.53 bits per heavy atom. The van der Waals surface area contributed by atoms with Crippen LogP contribution in [0.1, 0.15) is 45.6 Å². The number of hydrogen-bond donors (Lipinski definition) is 0. The van der Waals surface area contributed by atoms with Crippen molar-refractivity contribution in [2.24, 2.45) is 0 Å². The summed E-state index contributed by atoms with van der Waals surface area (Å²) >= 11 is 0. The van der Waals surface area contributed by atoms with Gasteiger partial charge in [-0.2, -0.15) is 0 Å². The zero-order valence-corrected chi connectivity index (χ0v) is 20.8. The quantitative estimate of drug-likeness (QED) is 0.451. The Labute approximate surface area is 203 Å². The van der Waals surface area contributed by atoms with E-state index < -0.39 is 0 Å². The second-order valence-corrected chi connectivity index (χ2v) is 8.81. The van der Waals surface area contributed by atoms with E-state index in [9.17, 15) is 4.79 Å². The first-order valence-electron chi connectivity index (χ1n) is 12.5. The standard InChI is InChI=1S/C27H30N3O2.C2H6/c1-20-13-15-28(19-29(20)18-21-9-10-22-6-3-4-7-23(22)16-21)25-12-11-24(17-26(25)32-2)30-14-5-8-27(30)31;1-2/h3-4,6-7,9-12,16-17,19-20H,5,8,13-15,18H2,1-2H3;1-2H3/q+1;. The smallest absolute Gasteiger partial charge is 0.239 e. The van der Waals surface area contributed by atoms with Gasteiger partial charge in [0.15, 0.2) is 11.4 Å². The molecule has 0 bridgehead atoms. The van der Waals surface area contributed by atoms with E-state index in [1.165, 1.54) is 16.3 Å². The summed E-state index contributed by atoms with van der Waals surface area (Å²) < 4.78 is 8.15. The van der Waals surface area contributed by atoms with Crippen LogP contribution >= 0.6 is 0 Å². The molecular formula is C29H36N3O2+. The lowest BCUT2D eigenvalue weighted by Crippen LogP contribution is -2.41. The third-order valence-electron chi connectivity index (χ3n) is 6.68. The van der Waals surface area contributed by atoms with Crippen molar-refractivity contribution in [1.29, 1.82) is 0 Å². The number of benzene rings is 3. The van der Waals surface area contributed by atoms with Gasteiger partial charge in [-0.25, -0.2) is 4.90 Å². The number of carbonyl (C=O) groups excluding carboxylic acids is 1. The fourth-order valence-corrected chi connectivity index (χ4v) is 4.76. The summed E-state index contributed by atoms with van der Waals surface area (Å²) in [6, 6.07) is 21.8. The van der Waals surface area contributed by atoms with Gasteiger partial charge < -0.3 is 9.64 Å². The molecular weight excluding hydrogens is 422 g/mol. The summed E-state index contributed by atoms with van der Waals surface area (Å²) in [5.74, 6) is 0.999. The number of fused-ring (bicyclic) bond motifs is 1. The zero-order chi connectivity index (χ0) is 24.1. The second-order valence-electron chi connectivity index (χ2n) is 8.81. The minimum absolute atomic E-state index is 0.194. The molecule has 0 saturated carbocycles. The van der Waals surface area contributed by atoms with Crippen LogP contribution < -0.4 is 14.5 Å². The Morgan fingerprint density at radius 2 is 1.79 bits per heavy atom. The summed E-state index contributed by atoms with van der Waals surface area (Å²) in [5, 5.41) is 2.55. The van der Waals surface area contributed by atoms with Gasteiger partial charge in [-0.3, -0.25) is 9.37 Å². The fourth-order valence-electron chi connectivity index (χ4n) is 4.76. The number of nitrogens with zero attached hydrogens (tertiary/aromatic N) is 3. The van der Waals surface area contributed by atoms with Crippen molar-refractivity contribution in [2.75, 3.05) is 30.0 Å². The van der Waals surface area contributed by atoms with Crippen molar-refractivity contribution in [2.45, 2.75) is 52.6 Å². The molecule has 1 fully saturated rings. The van der Waals surface area contributed by atoms with Crippen LogP contribution in [-0.2, 0) is 11.3 Å². The average molecular weight is 459 g/mol. The summed E-state index contributed by atoms with van der Waals surface area (Å²) in [5.41, 5.74) is 3.27. The van der Waals surface area contributed by atoms with Crippen LogP contribution in [0.15, 0.2) is 60.7 Å². The van der Waals surface area contributed by atoms with Gasteiger partial charge in [-0.1, -0.05) is 50.2 Å². The van der Waals surface area contributed by atoms with E-state index in [2.05, 4.69) is 71.3 Å². The van der Waals surface area contributed by atoms with Gasteiger partial charge in [0, 0.05) is 31.1 Å². The van der Waals surface area contributed by atoms with E-state index in [1.54, 1.807) is 7.11 Å². The van der Waals surface area contributed by atoms with Crippen LogP contribution in [-0.4, -0.2) is 43.1 Å². The summed E-state index contributed by atoms with van der Waals surface area (Å²) in [7, 11) is 1.70. The van der Waals surface area contributed by atoms with E-state index in [4.69, 9.17) is 4.74 Å². The van der Waals surface area contributed by atoms with Gasteiger partial charge in [0.25, 0.3) is 0 Å². The van der Waals surface area contributed by atoms with Crippen molar-refractivity contribution in [1.82, 2.24) is 0 Å². The lowest BCUT2D eigenvalue weighted by Gasteiger charge is -2.27. The van der Waals surface area contributed by atoms with Crippen molar-refractivity contribution in [3.05, 3.63) is 66.2 Å². The topological polar surface area (TPSA) is 35.8 Å². The summed E-state index contributed by atoms with van der Waals surface area (Å²) in [6.07, 6.45) is 4.84. The third kappa shape index (κ3) is 4.93. The zero-order valence-electron chi connectivity index (χ0n) is 20.8. The molecule has 1 atom stereocenters. The molecule has 2 aliphatic rings. The molecule has 34 heavy (non-hydrogen) atoms. The molecule has 1 amide bonds. The lowest BCUT2D eigenvalue weighted by atomic mass is 10.1. The first-order valence-corrected chi connectivity index (χ1v) is 12.5. The van der Waals surface area contributed by atoms with E-state index in [-0.39, 0.29) is 5.91 Å². The number of hydrogen-bond acceptors (Lipinski definition) is 3. The van der Waals surface area contributed by atoms with Gasteiger partial charge in [-0.05, 0) is 47.9 Å². The van der Waals surface area contributed by atoms with E-state index in [0.717, 1.165) is 49.6 Å². The molecule has 3 aromatic carbocycles. The van der Waals surface area contributed by atoms with Gasteiger partial charge in [-0.15, -0.1) is 0 Å². The number of amides is 1. The van der Waals surface area contributed by atoms with Crippen LogP contribution in [0.2, 0.25) is 0 Å². The SMILES string of the molecule is CC.COc1cc(N2CCCC2=O)ccc1N1C=[N+](Cc2ccc3ccccc3c2)C(C)CC1. The first-order chi connectivity index (χ1) is 16.6. The average Bonchev–Trinajstić information content (AvgIpc) is 3.32. The highest BCUT2D eigenvalue weighted by Crippen LogP contribution is 2.34. The van der Waals surface area contributed by atoms with Crippen molar-refractivity contribution < 1.29 is 14.1 Å². The Balaban J connectivity index is 0.00000133. The van der Waals surface area contributed by atoms with Crippen LogP contribution in [0.3, 0.4) is 0 Å². The Morgan fingerprint density at radius 1 is 1.00 bits per heavy atom. The largest absolute Gasteiger partial charge is 0.492 e. The minimum atomic E-state index is 0.194. The second kappa shape index (κ2) is 10.7. The molecule has 0 aromatic heterocycles. The first kappa shape index (κ1) is 23.8. The highest BCUT2D eigenvalue weighted by molar-refractivity contribution is 5.96. The Bertz CT molecular complexity index is 1190. The number of methoxy groups -OCH3 is 1. The highest BCUT2D eigenvalue weighted by atomic mass is 16.5. The highest BCUT2D eigenvalue weighted by Gasteiger charge is 2.28. The van der Waals surface area contributed by atoms with Crippen LogP contribution in [0, 0.1) is 0 Å². The Hall–Kier alpha value is -3.34. The van der Waals surface area contributed by atoms with Crippen LogP contribution in [0.5, 0.6) is 5.75 Å². The molecule has 0 radical (unpaired) electrons. The number of carbonyl (C=O) groups is 1. The van der Waals surface area contributed by atoms with E-state index in [0.29, 0.717) is 12.5 Å². The molecule has 5 rings (SSSR count). The minimum Gasteiger partial charge on any atom is -0.492 e. The molecule has 178 valence electrons. The van der Waals surface area contributed by atoms with Crippen LogP contribution in [0.25, 0.3) is 10.8 Å². The predicted molar refractivity (Wildman–Crippen MR) is 141 cm³/mol. The lowest BCUT2D eigenvalue weighted by molar-refractivity contribution is -0.577. The van der Waals surface area contributed by atoms with E-state index >= 15 is 0 Å². The summed E-state index contributed by atoms with van der Waals surface area (Å²) in [6.45, 7) is 8.88. The molecule has 2 aliphatic heterocycles. The molecule has 1 unspecified atom stereocenters. The van der Waals surface area contributed by atoms with Crippen molar-refractivity contribution >= 4 is 34.4 Å². The molecule has 5 nitrogen and oxygen atoms in total. The van der Waals surface area contributed by atoms with Crippen LogP contribution in [0.4, 0.5) is 11.4 Å². The van der Waals surface area contributed by atoms with E-state index in [1.807, 2.05) is 30.9 Å². The fraction of sp³-hybridized carbons (Fsp3) is 0.379. The van der Waals surface area contributed by atoms with Gasteiger partial charge >= 0.3 is 0 Å². The van der Waals surface area contributed by atoms with Gasteiger partial charge in [0.1, 0.15) is 6.54 Å². The number of anilines is 2. The van der Waals surface area contributed by atoms with Crippen molar-refractivity contribution in [3.63, 3.8) is 0 Å². The Kier molecular flexibility index (Phi) is 7.51. The molecule has 0 N–H and O–H groups in total. The number of ether oxygens (including phenoxy) is 1. The molecule has 0 spiro atoms. The van der Waals surface area contributed by atoms with Gasteiger partial charge in [0.05, 0.1) is 19.7 Å². The predicted octanol–water partition coefficient (Wildman–Crippen LogP) is 5.84. The molecule has 5 heteroatoms. The molecule has 1 saturated heterocycles. The van der Waals surface area contributed by atoms with Gasteiger partial charge in [0.2, 0.25) is 12.2 Å². The maximum Gasteiger partial charge on any atom is 0.239 e. The molecule has 2 heterocycles. The molecule has 0 aliphatic carbocycles. The summed E-state index contributed by atoms with van der Waals surface area (Å²) in [4.78, 5) is 16.3.